The Balaban J connectivity index is 1.27. The molecule has 5 rings (SSSR count). The lowest BCUT2D eigenvalue weighted by Crippen LogP contribution is -2.19. The molecule has 0 radical (unpaired) electrons. The van der Waals surface area contributed by atoms with Gasteiger partial charge in [-0.05, 0) is 85.3 Å². The quantitative estimate of drug-likeness (QED) is 0.163. The number of anilines is 2. The lowest BCUT2D eigenvalue weighted by Gasteiger charge is -2.16. The summed E-state index contributed by atoms with van der Waals surface area (Å²) in [4.78, 5) is 31.4. The van der Waals surface area contributed by atoms with Crippen molar-refractivity contribution in [2.45, 2.75) is 17.1 Å². The van der Waals surface area contributed by atoms with Gasteiger partial charge in [0.15, 0.2) is 5.13 Å². The summed E-state index contributed by atoms with van der Waals surface area (Å²) in [5.74, 6) is -0.128. The van der Waals surface area contributed by atoms with Crippen LogP contribution in [0.5, 0.6) is 5.75 Å². The molecule has 0 spiro atoms. The van der Waals surface area contributed by atoms with Crippen LogP contribution in [0.2, 0.25) is 0 Å². The van der Waals surface area contributed by atoms with E-state index in [2.05, 4.69) is 15.6 Å². The van der Waals surface area contributed by atoms with Crippen LogP contribution >= 0.6 is 23.1 Å². The summed E-state index contributed by atoms with van der Waals surface area (Å²) in [5, 5.41) is 7.68. The molecular formula is C32H26FN3O3S2. The van der Waals surface area contributed by atoms with Gasteiger partial charge in [-0.3, -0.25) is 9.59 Å². The van der Waals surface area contributed by atoms with Gasteiger partial charge >= 0.3 is 0 Å². The van der Waals surface area contributed by atoms with Crippen molar-refractivity contribution in [2.24, 2.45) is 0 Å². The second-order valence-electron chi connectivity index (χ2n) is 8.88. The van der Waals surface area contributed by atoms with Crippen molar-refractivity contribution in [3.8, 4) is 17.0 Å². The first-order valence-electron chi connectivity index (χ1n) is 12.9. The molecule has 0 aliphatic heterocycles. The molecule has 9 heteroatoms. The highest BCUT2D eigenvalue weighted by Gasteiger charge is 2.23. The Hall–Kier alpha value is -4.47. The van der Waals surface area contributed by atoms with Crippen molar-refractivity contribution in [2.75, 3.05) is 17.2 Å². The van der Waals surface area contributed by atoms with Gasteiger partial charge in [0.25, 0.3) is 5.91 Å². The molecule has 1 atom stereocenters. The van der Waals surface area contributed by atoms with Crippen LogP contribution in [-0.2, 0) is 4.79 Å². The van der Waals surface area contributed by atoms with E-state index in [1.54, 1.807) is 12.1 Å². The van der Waals surface area contributed by atoms with Gasteiger partial charge in [-0.25, -0.2) is 9.37 Å². The number of halogens is 1. The van der Waals surface area contributed by atoms with E-state index in [4.69, 9.17) is 4.74 Å². The van der Waals surface area contributed by atoms with Gasteiger partial charge in [-0.2, -0.15) is 0 Å². The zero-order chi connectivity index (χ0) is 28.6. The van der Waals surface area contributed by atoms with Crippen molar-refractivity contribution >= 4 is 45.7 Å². The zero-order valence-electron chi connectivity index (χ0n) is 22.0. The summed E-state index contributed by atoms with van der Waals surface area (Å²) >= 11 is 2.77. The highest BCUT2D eigenvalue weighted by atomic mass is 32.2. The van der Waals surface area contributed by atoms with E-state index >= 15 is 0 Å². The maximum absolute atomic E-state index is 13.5. The molecule has 206 valence electrons. The van der Waals surface area contributed by atoms with E-state index in [9.17, 15) is 14.0 Å². The van der Waals surface area contributed by atoms with Crippen LogP contribution < -0.4 is 15.4 Å². The third-order valence-electron chi connectivity index (χ3n) is 6.01. The summed E-state index contributed by atoms with van der Waals surface area (Å²) in [5.41, 5.74) is 3.51. The number of nitrogens with one attached hydrogen (secondary N) is 2. The molecule has 0 aliphatic rings. The van der Waals surface area contributed by atoms with E-state index in [0.717, 1.165) is 27.5 Å². The number of aromatic nitrogens is 1. The lowest BCUT2D eigenvalue weighted by molar-refractivity contribution is -0.115. The molecule has 4 aromatic carbocycles. The second-order valence-corrected chi connectivity index (χ2v) is 10.9. The fraction of sp³-hybridized carbons (Fsp3) is 0.0938. The van der Waals surface area contributed by atoms with Crippen molar-refractivity contribution in [3.05, 3.63) is 125 Å². The van der Waals surface area contributed by atoms with Gasteiger partial charge in [-0.1, -0.05) is 30.3 Å². The van der Waals surface area contributed by atoms with Crippen LogP contribution in [0.15, 0.2) is 113 Å². The number of hydrogen-bond acceptors (Lipinski definition) is 6. The van der Waals surface area contributed by atoms with Crippen molar-refractivity contribution in [1.29, 1.82) is 0 Å². The first-order chi connectivity index (χ1) is 20.0. The Morgan fingerprint density at radius 2 is 1.61 bits per heavy atom. The van der Waals surface area contributed by atoms with Crippen LogP contribution in [0.4, 0.5) is 15.2 Å². The monoisotopic (exact) mass is 583 g/mol. The SMILES string of the molecule is CCOc1ccc(-c2csc(NC(=O)C(Sc3ccc(NC(=O)c4ccc(F)cc4)cc3)c3ccccc3)n2)cc1. The Morgan fingerprint density at radius 3 is 2.29 bits per heavy atom. The normalized spacial score (nSPS) is 11.5. The van der Waals surface area contributed by atoms with Crippen molar-refractivity contribution in [3.63, 3.8) is 0 Å². The molecule has 2 N–H and O–H groups in total. The molecule has 0 saturated heterocycles. The number of nitrogens with zero attached hydrogens (tertiary/aromatic N) is 1. The number of thiazole rings is 1. The van der Waals surface area contributed by atoms with Gasteiger partial charge < -0.3 is 15.4 Å². The molecular weight excluding hydrogens is 558 g/mol. The average molecular weight is 584 g/mol. The molecule has 0 fully saturated rings. The Bertz CT molecular complexity index is 1610. The fourth-order valence-corrected chi connectivity index (χ4v) is 5.73. The molecule has 1 heterocycles. The number of thioether (sulfide) groups is 1. The van der Waals surface area contributed by atoms with Crippen molar-refractivity contribution < 1.29 is 18.7 Å². The first-order valence-corrected chi connectivity index (χ1v) is 14.6. The van der Waals surface area contributed by atoms with E-state index < -0.39 is 11.1 Å². The molecule has 0 saturated carbocycles. The molecule has 1 aromatic heterocycles. The zero-order valence-corrected chi connectivity index (χ0v) is 23.7. The van der Waals surface area contributed by atoms with Gasteiger partial charge in [0.05, 0.1) is 12.3 Å². The fourth-order valence-electron chi connectivity index (χ4n) is 3.98. The van der Waals surface area contributed by atoms with Gasteiger partial charge in [0.2, 0.25) is 5.91 Å². The third-order valence-corrected chi connectivity index (χ3v) is 8.03. The van der Waals surface area contributed by atoms with E-state index in [1.807, 2.05) is 79.0 Å². The maximum Gasteiger partial charge on any atom is 0.255 e. The average Bonchev–Trinajstić information content (AvgIpc) is 3.46. The predicted molar refractivity (Wildman–Crippen MR) is 163 cm³/mol. The summed E-state index contributed by atoms with van der Waals surface area (Å²) in [7, 11) is 0. The minimum atomic E-state index is -0.534. The van der Waals surface area contributed by atoms with Crippen molar-refractivity contribution in [1.82, 2.24) is 4.98 Å². The van der Waals surface area contributed by atoms with E-state index in [-0.39, 0.29) is 11.8 Å². The van der Waals surface area contributed by atoms with Crippen LogP contribution in [0, 0.1) is 5.82 Å². The molecule has 1 unspecified atom stereocenters. The minimum absolute atomic E-state index is 0.192. The van der Waals surface area contributed by atoms with Crippen LogP contribution in [0.25, 0.3) is 11.3 Å². The number of carbonyl (C=O) groups is 2. The van der Waals surface area contributed by atoms with E-state index in [1.165, 1.54) is 47.4 Å². The summed E-state index contributed by atoms with van der Waals surface area (Å²) in [6, 6.07) is 29.8. The Morgan fingerprint density at radius 1 is 0.902 bits per heavy atom. The third kappa shape index (κ3) is 7.39. The van der Waals surface area contributed by atoms with Gasteiger partial charge in [-0.15, -0.1) is 23.1 Å². The van der Waals surface area contributed by atoms with Crippen LogP contribution in [-0.4, -0.2) is 23.4 Å². The van der Waals surface area contributed by atoms with Crippen LogP contribution in [0.3, 0.4) is 0 Å². The lowest BCUT2D eigenvalue weighted by atomic mass is 10.1. The van der Waals surface area contributed by atoms with Gasteiger partial charge in [0, 0.05) is 27.1 Å². The molecule has 0 bridgehead atoms. The molecule has 2 amide bonds. The highest BCUT2D eigenvalue weighted by molar-refractivity contribution is 8.00. The number of amides is 2. The number of hydrogen-bond donors (Lipinski definition) is 2. The topological polar surface area (TPSA) is 80.3 Å². The van der Waals surface area contributed by atoms with Gasteiger partial charge in [0.1, 0.15) is 16.8 Å². The molecule has 6 nitrogen and oxygen atoms in total. The molecule has 5 aromatic rings. The van der Waals surface area contributed by atoms with Crippen LogP contribution in [0.1, 0.15) is 28.1 Å². The van der Waals surface area contributed by atoms with E-state index in [0.29, 0.717) is 23.0 Å². The standard InChI is InChI=1S/C32H26FN3O3S2/c1-2-39-26-16-10-21(11-17-26)28-20-40-32(35-28)36-31(38)29(22-6-4-3-5-7-22)41-27-18-14-25(15-19-27)34-30(37)23-8-12-24(33)13-9-23/h3-20,29H,2H2,1H3,(H,34,37)(H,35,36,38). The Labute approximate surface area is 245 Å². The first kappa shape index (κ1) is 28.1. The minimum Gasteiger partial charge on any atom is -0.494 e. The smallest absolute Gasteiger partial charge is 0.255 e. The summed E-state index contributed by atoms with van der Waals surface area (Å²) in [6.07, 6.45) is 0. The Kier molecular flexibility index (Phi) is 9.08. The summed E-state index contributed by atoms with van der Waals surface area (Å²) in [6.45, 7) is 2.54. The number of carbonyl (C=O) groups excluding carboxylic acids is 2. The maximum atomic E-state index is 13.5. The number of ether oxygens (including phenoxy) is 1. The largest absolute Gasteiger partial charge is 0.494 e. The second kappa shape index (κ2) is 13.3. The molecule has 0 aliphatic carbocycles. The number of rotatable bonds is 10. The number of benzene rings is 4. The highest BCUT2D eigenvalue weighted by Crippen LogP contribution is 2.37. The predicted octanol–water partition coefficient (Wildman–Crippen LogP) is 8.07. The molecule has 41 heavy (non-hydrogen) atoms. The summed E-state index contributed by atoms with van der Waals surface area (Å²) < 4.78 is 18.7.